The van der Waals surface area contributed by atoms with Crippen molar-refractivity contribution in [2.24, 2.45) is 0 Å². The summed E-state index contributed by atoms with van der Waals surface area (Å²) in [5.41, 5.74) is 2.41. The number of aryl methyl sites for hydroxylation is 1. The predicted octanol–water partition coefficient (Wildman–Crippen LogP) is 4.84. The highest BCUT2D eigenvalue weighted by Crippen LogP contribution is 2.44. The lowest BCUT2D eigenvalue weighted by atomic mass is 10.1. The van der Waals surface area contributed by atoms with Crippen LogP contribution >= 0.6 is 11.3 Å². The van der Waals surface area contributed by atoms with Crippen LogP contribution in [0.2, 0.25) is 0 Å². The Morgan fingerprint density at radius 3 is 2.57 bits per heavy atom. The van der Waals surface area contributed by atoms with Crippen LogP contribution in [0.5, 0.6) is 11.5 Å². The molecule has 3 rings (SSSR count). The third kappa shape index (κ3) is 3.19. The van der Waals surface area contributed by atoms with E-state index in [1.807, 2.05) is 0 Å². The molecule has 0 bridgehead atoms. The fourth-order valence-electron chi connectivity index (χ4n) is 2.25. The van der Waals surface area contributed by atoms with Gasteiger partial charge in [0, 0.05) is 4.88 Å². The summed E-state index contributed by atoms with van der Waals surface area (Å²) in [7, 11) is 0. The third-order valence-corrected chi connectivity index (χ3v) is 4.34. The van der Waals surface area contributed by atoms with Crippen molar-refractivity contribution in [2.75, 3.05) is 13.2 Å². The molecule has 2 heterocycles. The SMILES string of the molecule is CC1=C\C=C/C(/C=C/c2sc(C)c3c2OCCO3)=C\C=C1. The van der Waals surface area contributed by atoms with E-state index in [0.29, 0.717) is 13.2 Å². The average Bonchev–Trinajstić information content (AvgIpc) is 2.79. The first-order chi connectivity index (χ1) is 10.2. The average molecular weight is 298 g/mol. The molecule has 2 aliphatic rings. The molecule has 0 unspecified atom stereocenters. The lowest BCUT2D eigenvalue weighted by Gasteiger charge is -2.16. The maximum absolute atomic E-state index is 5.75. The minimum atomic E-state index is 0.624. The van der Waals surface area contributed by atoms with Crippen LogP contribution < -0.4 is 9.47 Å². The summed E-state index contributed by atoms with van der Waals surface area (Å²) in [4.78, 5) is 2.29. The second-order valence-electron chi connectivity index (χ2n) is 5.01. The van der Waals surface area contributed by atoms with Gasteiger partial charge in [-0.05, 0) is 25.5 Å². The lowest BCUT2D eigenvalue weighted by molar-refractivity contribution is 0.172. The number of hydrogen-bond acceptors (Lipinski definition) is 3. The van der Waals surface area contributed by atoms with Gasteiger partial charge in [-0.25, -0.2) is 0 Å². The second kappa shape index (κ2) is 6.19. The van der Waals surface area contributed by atoms with Gasteiger partial charge in [0.2, 0.25) is 0 Å². The van der Waals surface area contributed by atoms with Crippen LogP contribution in [0.25, 0.3) is 6.08 Å². The minimum absolute atomic E-state index is 0.624. The second-order valence-corrected chi connectivity index (χ2v) is 6.26. The summed E-state index contributed by atoms with van der Waals surface area (Å²) >= 11 is 1.71. The van der Waals surface area contributed by atoms with Crippen LogP contribution in [0.1, 0.15) is 16.7 Å². The Balaban J connectivity index is 1.84. The van der Waals surface area contributed by atoms with Crippen LogP contribution in [-0.4, -0.2) is 13.2 Å². The molecule has 0 saturated heterocycles. The Morgan fingerprint density at radius 1 is 0.952 bits per heavy atom. The Morgan fingerprint density at radius 2 is 1.71 bits per heavy atom. The highest BCUT2D eigenvalue weighted by atomic mass is 32.1. The quantitative estimate of drug-likeness (QED) is 0.778. The molecule has 1 aliphatic heterocycles. The molecule has 0 amide bonds. The number of rotatable bonds is 2. The van der Waals surface area contributed by atoms with E-state index in [0.717, 1.165) is 21.9 Å². The molecule has 0 fully saturated rings. The standard InChI is InChI=1S/C18H18O2S/c1-13-5-3-7-15(8-4-6-13)9-10-16-18-17(14(2)21-16)19-11-12-20-18/h3-10H,11-12H2,1-2H3/b5-3?,6-4?,7-3-,8-4?,10-9+,13-5?,13-6?,15-7?,15-8+. The third-order valence-electron chi connectivity index (χ3n) is 3.31. The van der Waals surface area contributed by atoms with Gasteiger partial charge in [-0.2, -0.15) is 0 Å². The van der Waals surface area contributed by atoms with E-state index in [4.69, 9.17) is 9.47 Å². The fraction of sp³-hybridized carbons (Fsp3) is 0.222. The molecule has 2 nitrogen and oxygen atoms in total. The number of hydrogen-bond donors (Lipinski definition) is 0. The maximum Gasteiger partial charge on any atom is 0.179 e. The number of ether oxygens (including phenoxy) is 2. The Labute approximate surface area is 129 Å². The molecule has 3 heteroatoms. The van der Waals surface area contributed by atoms with Crippen LogP contribution in [0, 0.1) is 6.92 Å². The zero-order valence-electron chi connectivity index (χ0n) is 12.3. The highest BCUT2D eigenvalue weighted by molar-refractivity contribution is 7.13. The highest BCUT2D eigenvalue weighted by Gasteiger charge is 2.20. The van der Waals surface area contributed by atoms with Gasteiger partial charge in [-0.3, -0.25) is 0 Å². The first-order valence-electron chi connectivity index (χ1n) is 7.04. The topological polar surface area (TPSA) is 18.5 Å². The molecule has 0 saturated carbocycles. The molecule has 0 atom stereocenters. The summed E-state index contributed by atoms with van der Waals surface area (Å²) in [5, 5.41) is 0. The van der Waals surface area contributed by atoms with Gasteiger partial charge >= 0.3 is 0 Å². The predicted molar refractivity (Wildman–Crippen MR) is 89.2 cm³/mol. The number of fused-ring (bicyclic) bond motifs is 1. The van der Waals surface area contributed by atoms with Crippen LogP contribution in [0.3, 0.4) is 0 Å². The van der Waals surface area contributed by atoms with Gasteiger partial charge in [-0.1, -0.05) is 48.1 Å². The van der Waals surface area contributed by atoms with E-state index in [1.165, 1.54) is 10.5 Å². The normalized spacial score (nSPS) is 21.4. The summed E-state index contributed by atoms with van der Waals surface area (Å²) in [6.45, 7) is 5.42. The molecule has 108 valence electrons. The van der Waals surface area contributed by atoms with Crippen molar-refractivity contribution in [3.05, 3.63) is 63.4 Å². The lowest BCUT2D eigenvalue weighted by Crippen LogP contribution is -2.14. The van der Waals surface area contributed by atoms with Crippen molar-refractivity contribution in [3.8, 4) is 11.5 Å². The van der Waals surface area contributed by atoms with Crippen molar-refractivity contribution in [2.45, 2.75) is 13.8 Å². The largest absolute Gasteiger partial charge is 0.485 e. The van der Waals surface area contributed by atoms with Gasteiger partial charge in [0.1, 0.15) is 13.2 Å². The van der Waals surface area contributed by atoms with E-state index in [1.54, 1.807) is 11.3 Å². The maximum atomic E-state index is 5.75. The summed E-state index contributed by atoms with van der Waals surface area (Å²) < 4.78 is 11.4. The van der Waals surface area contributed by atoms with Gasteiger partial charge in [-0.15, -0.1) is 11.3 Å². The Kier molecular flexibility index (Phi) is 4.11. The molecule has 0 aromatic carbocycles. The van der Waals surface area contributed by atoms with Gasteiger partial charge in [0.05, 0.1) is 4.88 Å². The Bertz CT molecular complexity index is 684. The zero-order valence-corrected chi connectivity index (χ0v) is 13.1. The van der Waals surface area contributed by atoms with E-state index < -0.39 is 0 Å². The van der Waals surface area contributed by atoms with Crippen molar-refractivity contribution in [1.82, 2.24) is 0 Å². The van der Waals surface area contributed by atoms with E-state index in [9.17, 15) is 0 Å². The molecular formula is C18H18O2S. The zero-order chi connectivity index (χ0) is 14.7. The van der Waals surface area contributed by atoms with Crippen molar-refractivity contribution < 1.29 is 9.47 Å². The molecule has 1 aromatic heterocycles. The van der Waals surface area contributed by atoms with Crippen molar-refractivity contribution in [3.63, 3.8) is 0 Å². The summed E-state index contributed by atoms with van der Waals surface area (Å²) in [5.74, 6) is 1.80. The van der Waals surface area contributed by atoms with Crippen LogP contribution in [0.4, 0.5) is 0 Å². The first kappa shape index (κ1) is 14.0. The van der Waals surface area contributed by atoms with Gasteiger partial charge < -0.3 is 9.47 Å². The summed E-state index contributed by atoms with van der Waals surface area (Å²) in [6.07, 6.45) is 16.8. The molecular weight excluding hydrogens is 280 g/mol. The van der Waals surface area contributed by atoms with Crippen molar-refractivity contribution in [1.29, 1.82) is 0 Å². The Hall–Kier alpha value is -2.00. The van der Waals surface area contributed by atoms with Crippen molar-refractivity contribution >= 4 is 17.4 Å². The van der Waals surface area contributed by atoms with E-state index in [2.05, 4.69) is 62.5 Å². The molecule has 1 aromatic rings. The van der Waals surface area contributed by atoms with Gasteiger partial charge in [0.15, 0.2) is 11.5 Å². The van der Waals surface area contributed by atoms with E-state index >= 15 is 0 Å². The first-order valence-corrected chi connectivity index (χ1v) is 7.86. The minimum Gasteiger partial charge on any atom is -0.485 e. The monoisotopic (exact) mass is 298 g/mol. The molecule has 21 heavy (non-hydrogen) atoms. The summed E-state index contributed by atoms with van der Waals surface area (Å²) in [6, 6.07) is 0. The molecule has 1 aliphatic carbocycles. The van der Waals surface area contributed by atoms with E-state index in [-0.39, 0.29) is 0 Å². The van der Waals surface area contributed by atoms with Crippen LogP contribution in [0.15, 0.2) is 53.7 Å². The number of thiophene rings is 1. The smallest absolute Gasteiger partial charge is 0.179 e. The fourth-order valence-corrected chi connectivity index (χ4v) is 3.20. The molecule has 0 N–H and O–H groups in total. The van der Waals surface area contributed by atoms with Crippen LogP contribution in [-0.2, 0) is 0 Å². The number of allylic oxidation sites excluding steroid dienone is 9. The van der Waals surface area contributed by atoms with Gasteiger partial charge in [0.25, 0.3) is 0 Å². The molecule has 0 spiro atoms. The molecule has 0 radical (unpaired) electrons.